The summed E-state index contributed by atoms with van der Waals surface area (Å²) in [5.74, 6) is 1.42. The maximum atomic E-state index is 5.92. The van der Waals surface area contributed by atoms with Crippen molar-refractivity contribution in [1.29, 1.82) is 0 Å². The van der Waals surface area contributed by atoms with E-state index in [2.05, 4.69) is 42.5 Å². The van der Waals surface area contributed by atoms with Crippen LogP contribution in [0.2, 0.25) is 0 Å². The summed E-state index contributed by atoms with van der Waals surface area (Å²) in [6.45, 7) is 1.49. The molecule has 0 bridgehead atoms. The quantitative estimate of drug-likeness (QED) is 0.888. The molecule has 2 aromatic carbocycles. The van der Waals surface area contributed by atoms with Gasteiger partial charge in [0.1, 0.15) is 5.75 Å². The summed E-state index contributed by atoms with van der Waals surface area (Å²) in [5.41, 5.74) is 9.67. The summed E-state index contributed by atoms with van der Waals surface area (Å²) >= 11 is 0. The van der Waals surface area contributed by atoms with Crippen LogP contribution in [0.4, 0.5) is 0 Å². The molecular weight excluding hydrogens is 234 g/mol. The van der Waals surface area contributed by atoms with E-state index in [0.717, 1.165) is 25.2 Å². The van der Waals surface area contributed by atoms with Crippen LogP contribution in [0.25, 0.3) is 11.1 Å². The van der Waals surface area contributed by atoms with Crippen LogP contribution >= 0.6 is 0 Å². The minimum absolute atomic E-state index is 0.418. The molecule has 2 N–H and O–H groups in total. The number of rotatable bonds is 2. The van der Waals surface area contributed by atoms with E-state index in [-0.39, 0.29) is 0 Å². The van der Waals surface area contributed by atoms with E-state index in [0.29, 0.717) is 12.5 Å². The average Bonchev–Trinajstić information content (AvgIpc) is 2.69. The Hall–Kier alpha value is -1.80. The highest BCUT2D eigenvalue weighted by atomic mass is 16.5. The van der Waals surface area contributed by atoms with Crippen molar-refractivity contribution in [3.05, 3.63) is 54.1 Å². The molecule has 1 atom stereocenters. The normalized spacial score (nSPS) is 18.3. The first-order valence-electron chi connectivity index (χ1n) is 6.90. The summed E-state index contributed by atoms with van der Waals surface area (Å²) in [6.07, 6.45) is 2.19. The maximum absolute atomic E-state index is 5.92. The van der Waals surface area contributed by atoms with Gasteiger partial charge in [0.25, 0.3) is 0 Å². The Morgan fingerprint density at radius 1 is 1.05 bits per heavy atom. The van der Waals surface area contributed by atoms with Gasteiger partial charge in [-0.05, 0) is 54.1 Å². The lowest BCUT2D eigenvalue weighted by Gasteiger charge is -2.16. The molecule has 1 unspecified atom stereocenters. The van der Waals surface area contributed by atoms with Crippen molar-refractivity contribution >= 4 is 0 Å². The molecule has 2 aromatic rings. The standard InChI is InChI=1S/C17H19NO/c18-12-15-7-4-10-19-17-9-8-14(11-16(15)17)13-5-2-1-3-6-13/h1-3,5-6,8-9,11,15H,4,7,10,12,18H2. The molecule has 1 heterocycles. The van der Waals surface area contributed by atoms with Crippen molar-refractivity contribution in [3.63, 3.8) is 0 Å². The molecule has 0 fully saturated rings. The fraction of sp³-hybridized carbons (Fsp3) is 0.294. The Balaban J connectivity index is 2.04. The van der Waals surface area contributed by atoms with Gasteiger partial charge in [0, 0.05) is 0 Å². The minimum atomic E-state index is 0.418. The van der Waals surface area contributed by atoms with E-state index in [1.54, 1.807) is 0 Å². The van der Waals surface area contributed by atoms with Crippen LogP contribution in [0.1, 0.15) is 24.3 Å². The van der Waals surface area contributed by atoms with E-state index in [1.165, 1.54) is 16.7 Å². The van der Waals surface area contributed by atoms with Crippen molar-refractivity contribution in [2.75, 3.05) is 13.2 Å². The lowest BCUT2D eigenvalue weighted by molar-refractivity contribution is 0.316. The van der Waals surface area contributed by atoms with E-state index < -0.39 is 0 Å². The smallest absolute Gasteiger partial charge is 0.122 e. The van der Waals surface area contributed by atoms with Gasteiger partial charge in [-0.2, -0.15) is 0 Å². The third-order valence-electron chi connectivity index (χ3n) is 3.80. The van der Waals surface area contributed by atoms with Gasteiger partial charge in [-0.25, -0.2) is 0 Å². The predicted molar refractivity (Wildman–Crippen MR) is 78.4 cm³/mol. The van der Waals surface area contributed by atoms with Crippen LogP contribution in [0.3, 0.4) is 0 Å². The highest BCUT2D eigenvalue weighted by Gasteiger charge is 2.19. The lowest BCUT2D eigenvalue weighted by atomic mass is 9.91. The molecule has 0 saturated carbocycles. The van der Waals surface area contributed by atoms with Crippen LogP contribution in [0.5, 0.6) is 5.75 Å². The third kappa shape index (κ3) is 2.49. The van der Waals surface area contributed by atoms with Crippen LogP contribution in [0.15, 0.2) is 48.5 Å². The lowest BCUT2D eigenvalue weighted by Crippen LogP contribution is -2.11. The molecule has 0 amide bonds. The van der Waals surface area contributed by atoms with Gasteiger partial charge in [-0.15, -0.1) is 0 Å². The molecule has 1 aliphatic heterocycles. The number of nitrogens with two attached hydrogens (primary N) is 1. The molecule has 19 heavy (non-hydrogen) atoms. The van der Waals surface area contributed by atoms with Gasteiger partial charge < -0.3 is 10.5 Å². The van der Waals surface area contributed by atoms with Gasteiger partial charge in [-0.3, -0.25) is 0 Å². The maximum Gasteiger partial charge on any atom is 0.122 e. The molecule has 0 saturated heterocycles. The number of hydrogen-bond donors (Lipinski definition) is 1. The van der Waals surface area contributed by atoms with E-state index in [4.69, 9.17) is 10.5 Å². The Morgan fingerprint density at radius 3 is 2.68 bits per heavy atom. The molecule has 0 aliphatic carbocycles. The third-order valence-corrected chi connectivity index (χ3v) is 3.80. The van der Waals surface area contributed by atoms with Crippen LogP contribution in [0, 0.1) is 0 Å². The second-order valence-electron chi connectivity index (χ2n) is 5.04. The first-order valence-corrected chi connectivity index (χ1v) is 6.90. The first kappa shape index (κ1) is 12.2. The zero-order valence-corrected chi connectivity index (χ0v) is 11.0. The zero-order chi connectivity index (χ0) is 13.1. The van der Waals surface area contributed by atoms with Crippen LogP contribution in [-0.2, 0) is 0 Å². The van der Waals surface area contributed by atoms with Crippen LogP contribution < -0.4 is 10.5 Å². The Morgan fingerprint density at radius 2 is 1.89 bits per heavy atom. The van der Waals surface area contributed by atoms with E-state index in [1.807, 2.05) is 6.07 Å². The molecule has 3 rings (SSSR count). The van der Waals surface area contributed by atoms with Gasteiger partial charge in [-0.1, -0.05) is 36.4 Å². The first-order chi connectivity index (χ1) is 9.38. The summed E-state index contributed by atoms with van der Waals surface area (Å²) < 4.78 is 5.82. The summed E-state index contributed by atoms with van der Waals surface area (Å²) in [5, 5.41) is 0. The average molecular weight is 253 g/mol. The van der Waals surface area contributed by atoms with Crippen molar-refractivity contribution in [2.45, 2.75) is 18.8 Å². The SMILES string of the molecule is NCC1CCCOc2ccc(-c3ccccc3)cc21. The van der Waals surface area contributed by atoms with Gasteiger partial charge in [0.05, 0.1) is 6.61 Å². The summed E-state index contributed by atoms with van der Waals surface area (Å²) in [7, 11) is 0. The molecule has 0 radical (unpaired) electrons. The number of hydrogen-bond acceptors (Lipinski definition) is 2. The summed E-state index contributed by atoms with van der Waals surface area (Å²) in [6, 6.07) is 16.9. The minimum Gasteiger partial charge on any atom is -0.493 e. The van der Waals surface area contributed by atoms with E-state index in [9.17, 15) is 0 Å². The topological polar surface area (TPSA) is 35.2 Å². The molecule has 0 spiro atoms. The zero-order valence-electron chi connectivity index (χ0n) is 11.0. The Bertz CT molecular complexity index is 550. The highest BCUT2D eigenvalue weighted by Crippen LogP contribution is 2.35. The molecule has 2 nitrogen and oxygen atoms in total. The van der Waals surface area contributed by atoms with Crippen molar-refractivity contribution in [2.24, 2.45) is 5.73 Å². The number of ether oxygens (including phenoxy) is 1. The number of benzene rings is 2. The fourth-order valence-corrected chi connectivity index (χ4v) is 2.72. The van der Waals surface area contributed by atoms with Gasteiger partial charge in [0.2, 0.25) is 0 Å². The van der Waals surface area contributed by atoms with E-state index >= 15 is 0 Å². The Labute approximate surface area is 114 Å². The molecule has 1 aliphatic rings. The second kappa shape index (κ2) is 5.45. The monoisotopic (exact) mass is 253 g/mol. The molecule has 2 heteroatoms. The highest BCUT2D eigenvalue weighted by molar-refractivity contribution is 5.66. The van der Waals surface area contributed by atoms with Gasteiger partial charge in [0.15, 0.2) is 0 Å². The fourth-order valence-electron chi connectivity index (χ4n) is 2.72. The van der Waals surface area contributed by atoms with Crippen molar-refractivity contribution in [1.82, 2.24) is 0 Å². The molecule has 0 aromatic heterocycles. The largest absolute Gasteiger partial charge is 0.493 e. The molecular formula is C17H19NO. The summed E-state index contributed by atoms with van der Waals surface area (Å²) in [4.78, 5) is 0. The number of fused-ring (bicyclic) bond motifs is 1. The molecule has 98 valence electrons. The van der Waals surface area contributed by atoms with Crippen LogP contribution in [-0.4, -0.2) is 13.2 Å². The van der Waals surface area contributed by atoms with Crippen molar-refractivity contribution < 1.29 is 4.74 Å². The Kier molecular flexibility index (Phi) is 3.51. The predicted octanol–water partition coefficient (Wildman–Crippen LogP) is 3.57. The second-order valence-corrected chi connectivity index (χ2v) is 5.04. The van der Waals surface area contributed by atoms with Crippen molar-refractivity contribution in [3.8, 4) is 16.9 Å². The van der Waals surface area contributed by atoms with Gasteiger partial charge >= 0.3 is 0 Å².